The molecule has 0 saturated heterocycles. The number of hydrogen-bond acceptors (Lipinski definition) is 1. The summed E-state index contributed by atoms with van der Waals surface area (Å²) in [5, 5.41) is 3.18. The topological polar surface area (TPSA) is 29.1 Å². The van der Waals surface area contributed by atoms with Crippen molar-refractivity contribution in [2.24, 2.45) is 11.3 Å². The summed E-state index contributed by atoms with van der Waals surface area (Å²) in [6.45, 7) is 6.36. The predicted molar refractivity (Wildman–Crippen MR) is 68.7 cm³/mol. The molecule has 1 aliphatic rings. The molecule has 0 spiro atoms. The zero-order chi connectivity index (χ0) is 12.2. The number of carbonyl (C=O) groups is 1. The first-order chi connectivity index (χ1) is 7.49. The van der Waals surface area contributed by atoms with Crippen LogP contribution in [0, 0.1) is 11.3 Å². The minimum Gasteiger partial charge on any atom is -0.353 e. The van der Waals surface area contributed by atoms with E-state index in [1.165, 1.54) is 12.8 Å². The highest BCUT2D eigenvalue weighted by Crippen LogP contribution is 2.37. The van der Waals surface area contributed by atoms with E-state index in [4.69, 9.17) is 11.6 Å². The molecule has 0 radical (unpaired) electrons. The molecule has 0 aliphatic heterocycles. The van der Waals surface area contributed by atoms with Crippen LogP contribution in [0.15, 0.2) is 0 Å². The van der Waals surface area contributed by atoms with Gasteiger partial charge in [-0.05, 0) is 25.2 Å². The van der Waals surface area contributed by atoms with Crippen molar-refractivity contribution in [3.8, 4) is 0 Å². The third-order valence-electron chi connectivity index (χ3n) is 3.80. The number of carbonyl (C=O) groups excluding carboxylic acids is 1. The molecule has 1 atom stereocenters. The highest BCUT2D eigenvalue weighted by Gasteiger charge is 2.37. The van der Waals surface area contributed by atoms with Gasteiger partial charge in [0.2, 0.25) is 5.91 Å². The number of nitrogens with one attached hydrogen (secondary N) is 1. The highest BCUT2D eigenvalue weighted by molar-refractivity contribution is 6.17. The van der Waals surface area contributed by atoms with E-state index < -0.39 is 0 Å². The average Bonchev–Trinajstić information content (AvgIpc) is 2.65. The molecule has 1 unspecified atom stereocenters. The van der Waals surface area contributed by atoms with Crippen LogP contribution in [-0.2, 0) is 4.79 Å². The summed E-state index contributed by atoms with van der Waals surface area (Å²) in [7, 11) is 0. The summed E-state index contributed by atoms with van der Waals surface area (Å²) < 4.78 is 0. The Morgan fingerprint density at radius 3 is 2.38 bits per heavy atom. The van der Waals surface area contributed by atoms with Gasteiger partial charge in [0.25, 0.3) is 0 Å². The zero-order valence-corrected chi connectivity index (χ0v) is 11.4. The van der Waals surface area contributed by atoms with Gasteiger partial charge in [-0.15, -0.1) is 11.6 Å². The van der Waals surface area contributed by atoms with Gasteiger partial charge < -0.3 is 5.32 Å². The summed E-state index contributed by atoms with van der Waals surface area (Å²) in [5.41, 5.74) is -0.126. The largest absolute Gasteiger partial charge is 0.353 e. The Hall–Kier alpha value is -0.240. The van der Waals surface area contributed by atoms with Crippen LogP contribution in [0.2, 0.25) is 0 Å². The van der Waals surface area contributed by atoms with E-state index in [9.17, 15) is 4.79 Å². The van der Waals surface area contributed by atoms with Crippen molar-refractivity contribution < 1.29 is 4.79 Å². The fourth-order valence-corrected chi connectivity index (χ4v) is 2.65. The molecule has 94 valence electrons. The van der Waals surface area contributed by atoms with E-state index in [1.54, 1.807) is 0 Å². The Morgan fingerprint density at radius 2 is 1.94 bits per heavy atom. The molecule has 1 rings (SSSR count). The van der Waals surface area contributed by atoms with E-state index in [-0.39, 0.29) is 17.4 Å². The van der Waals surface area contributed by atoms with Crippen LogP contribution in [0.1, 0.15) is 52.9 Å². The molecule has 1 amide bonds. The smallest absolute Gasteiger partial charge is 0.226 e. The molecule has 2 nitrogen and oxygen atoms in total. The molecule has 0 heterocycles. The van der Waals surface area contributed by atoms with Crippen LogP contribution in [0.5, 0.6) is 0 Å². The normalized spacial score (nSPS) is 21.1. The van der Waals surface area contributed by atoms with Gasteiger partial charge in [-0.1, -0.05) is 33.6 Å². The van der Waals surface area contributed by atoms with Crippen molar-refractivity contribution in [3.05, 3.63) is 0 Å². The molecule has 1 aliphatic carbocycles. The Balaban J connectivity index is 2.53. The van der Waals surface area contributed by atoms with Gasteiger partial charge >= 0.3 is 0 Å². The molecular formula is C13H24ClNO. The van der Waals surface area contributed by atoms with Crippen molar-refractivity contribution in [2.45, 2.75) is 58.9 Å². The maximum atomic E-state index is 12.2. The molecule has 1 N–H and O–H groups in total. The summed E-state index contributed by atoms with van der Waals surface area (Å²) >= 11 is 5.77. The third-order valence-corrected chi connectivity index (χ3v) is 4.01. The van der Waals surface area contributed by atoms with Gasteiger partial charge in [0.05, 0.1) is 0 Å². The highest BCUT2D eigenvalue weighted by atomic mass is 35.5. The second-order valence-electron chi connectivity index (χ2n) is 5.57. The predicted octanol–water partition coefficient (Wildman–Crippen LogP) is 3.34. The average molecular weight is 246 g/mol. The van der Waals surface area contributed by atoms with Crippen LogP contribution in [-0.4, -0.2) is 17.8 Å². The van der Waals surface area contributed by atoms with Gasteiger partial charge in [0, 0.05) is 17.3 Å². The lowest BCUT2D eigenvalue weighted by Crippen LogP contribution is -2.45. The second-order valence-corrected chi connectivity index (χ2v) is 5.95. The summed E-state index contributed by atoms with van der Waals surface area (Å²) in [4.78, 5) is 12.2. The first kappa shape index (κ1) is 13.8. The van der Waals surface area contributed by atoms with E-state index in [1.807, 2.05) is 0 Å². The van der Waals surface area contributed by atoms with Gasteiger partial charge in [-0.3, -0.25) is 4.79 Å². The molecule has 0 aromatic heterocycles. The summed E-state index contributed by atoms with van der Waals surface area (Å²) in [6, 6.07) is 0.224. The third kappa shape index (κ3) is 3.38. The van der Waals surface area contributed by atoms with Crippen LogP contribution in [0.25, 0.3) is 0 Å². The fourth-order valence-electron chi connectivity index (χ4n) is 2.41. The Morgan fingerprint density at radius 1 is 1.38 bits per heavy atom. The standard InChI is InChI=1S/C13H24ClNO/c1-10(2)11(6-9-14)15-12(16)13(3)7-4-5-8-13/h10-11H,4-9H2,1-3H3,(H,15,16). The summed E-state index contributed by atoms with van der Waals surface area (Å²) in [5.74, 6) is 1.29. The minimum atomic E-state index is -0.126. The SMILES string of the molecule is CC(C)C(CCCl)NC(=O)C1(C)CCCC1. The number of rotatable bonds is 5. The van der Waals surface area contributed by atoms with E-state index in [0.29, 0.717) is 11.8 Å². The van der Waals surface area contributed by atoms with Crippen molar-refractivity contribution in [1.82, 2.24) is 5.32 Å². The van der Waals surface area contributed by atoms with Gasteiger partial charge in [0.1, 0.15) is 0 Å². The quantitative estimate of drug-likeness (QED) is 0.740. The van der Waals surface area contributed by atoms with Gasteiger partial charge in [-0.2, -0.15) is 0 Å². The molecule has 1 fully saturated rings. The minimum absolute atomic E-state index is 0.126. The van der Waals surface area contributed by atoms with E-state index >= 15 is 0 Å². The van der Waals surface area contributed by atoms with Gasteiger partial charge in [-0.25, -0.2) is 0 Å². The number of hydrogen-bond donors (Lipinski definition) is 1. The van der Waals surface area contributed by atoms with Crippen molar-refractivity contribution in [2.75, 3.05) is 5.88 Å². The molecular weight excluding hydrogens is 222 g/mol. The maximum absolute atomic E-state index is 12.2. The van der Waals surface area contributed by atoms with Crippen LogP contribution in [0.3, 0.4) is 0 Å². The van der Waals surface area contributed by atoms with Crippen LogP contribution < -0.4 is 5.32 Å². The monoisotopic (exact) mass is 245 g/mol. The molecule has 0 aromatic rings. The maximum Gasteiger partial charge on any atom is 0.226 e. The lowest BCUT2D eigenvalue weighted by Gasteiger charge is -2.28. The van der Waals surface area contributed by atoms with Crippen molar-refractivity contribution in [3.63, 3.8) is 0 Å². The number of halogens is 1. The second kappa shape index (κ2) is 5.90. The Labute approximate surface area is 104 Å². The zero-order valence-electron chi connectivity index (χ0n) is 10.7. The lowest BCUT2D eigenvalue weighted by molar-refractivity contribution is -0.131. The van der Waals surface area contributed by atoms with E-state index in [0.717, 1.165) is 19.3 Å². The lowest BCUT2D eigenvalue weighted by atomic mass is 9.87. The Bertz CT molecular complexity index is 234. The first-order valence-corrected chi connectivity index (χ1v) is 6.90. The number of amides is 1. The van der Waals surface area contributed by atoms with E-state index in [2.05, 4.69) is 26.1 Å². The van der Waals surface area contributed by atoms with Gasteiger partial charge in [0.15, 0.2) is 0 Å². The van der Waals surface area contributed by atoms with Crippen LogP contribution >= 0.6 is 11.6 Å². The fraction of sp³-hybridized carbons (Fsp3) is 0.923. The summed E-state index contributed by atoms with van der Waals surface area (Å²) in [6.07, 6.45) is 5.30. The first-order valence-electron chi connectivity index (χ1n) is 6.36. The molecule has 0 bridgehead atoms. The molecule has 0 aromatic carbocycles. The van der Waals surface area contributed by atoms with Crippen LogP contribution in [0.4, 0.5) is 0 Å². The molecule has 1 saturated carbocycles. The number of alkyl halides is 1. The Kier molecular flexibility index (Phi) is 5.10. The van der Waals surface area contributed by atoms with Crippen molar-refractivity contribution in [1.29, 1.82) is 0 Å². The molecule has 3 heteroatoms. The van der Waals surface area contributed by atoms with Crippen molar-refractivity contribution >= 4 is 17.5 Å². The molecule has 16 heavy (non-hydrogen) atoms.